The maximum absolute atomic E-state index is 13.0. The van der Waals surface area contributed by atoms with Gasteiger partial charge in [-0.3, -0.25) is 14.4 Å². The molecule has 4 rings (SSSR count). The molecule has 5 N–H and O–H groups in total. The average Bonchev–Trinajstić information content (AvgIpc) is 2.89. The van der Waals surface area contributed by atoms with Gasteiger partial charge in [0, 0.05) is 23.2 Å². The molecule has 4 aromatic rings. The molecule has 0 fully saturated rings. The van der Waals surface area contributed by atoms with Crippen LogP contribution in [0, 0.1) is 0 Å². The van der Waals surface area contributed by atoms with Crippen molar-refractivity contribution in [3.8, 4) is 5.88 Å². The number of nitrogens with two attached hydrogens (primary N) is 1. The molecule has 0 aliphatic heterocycles. The fourth-order valence-electron chi connectivity index (χ4n) is 3.73. The minimum Gasteiger partial charge on any atom is -0.481 e. The van der Waals surface area contributed by atoms with E-state index in [0.29, 0.717) is 29.7 Å². The van der Waals surface area contributed by atoms with Gasteiger partial charge in [-0.25, -0.2) is 4.98 Å². The number of fused-ring (bicyclic) bond motifs is 1. The molecule has 0 spiro atoms. The zero-order valence-electron chi connectivity index (χ0n) is 19.4. The number of pyridine rings is 2. The molecule has 0 saturated carbocycles. The van der Waals surface area contributed by atoms with Gasteiger partial charge < -0.3 is 26.1 Å². The average molecular weight is 506 g/mol. The van der Waals surface area contributed by atoms with Gasteiger partial charge in [0.15, 0.2) is 0 Å². The second-order valence-electron chi connectivity index (χ2n) is 7.99. The number of carbonyl (C=O) groups excluding carboxylic acids is 2. The van der Waals surface area contributed by atoms with Gasteiger partial charge in [-0.05, 0) is 42.8 Å². The van der Waals surface area contributed by atoms with Crippen LogP contribution in [0.25, 0.3) is 10.9 Å². The number of aromatic nitrogens is 2. The fraction of sp³-hybridized carbons (Fsp3) is 0.154. The van der Waals surface area contributed by atoms with Crippen molar-refractivity contribution in [3.63, 3.8) is 0 Å². The molecule has 2 aromatic carbocycles. The normalized spacial score (nSPS) is 11.6. The monoisotopic (exact) mass is 505 g/mol. The number of anilines is 1. The first kappa shape index (κ1) is 24.9. The molecule has 2 amide bonds. The van der Waals surface area contributed by atoms with E-state index >= 15 is 0 Å². The number of nitrogens with zero attached hydrogens (tertiary/aromatic N) is 1. The van der Waals surface area contributed by atoms with Crippen molar-refractivity contribution < 1.29 is 14.3 Å². The van der Waals surface area contributed by atoms with E-state index < -0.39 is 11.5 Å². The van der Waals surface area contributed by atoms with Gasteiger partial charge in [0.05, 0.1) is 29.4 Å². The van der Waals surface area contributed by atoms with E-state index in [2.05, 4.69) is 20.6 Å². The Morgan fingerprint density at radius 2 is 1.89 bits per heavy atom. The van der Waals surface area contributed by atoms with Crippen LogP contribution in [0.1, 0.15) is 38.7 Å². The summed E-state index contributed by atoms with van der Waals surface area (Å²) in [4.78, 5) is 45.2. The van der Waals surface area contributed by atoms with E-state index in [1.54, 1.807) is 12.1 Å². The Morgan fingerprint density at radius 3 is 2.61 bits per heavy atom. The molecule has 0 aliphatic carbocycles. The Morgan fingerprint density at radius 1 is 1.11 bits per heavy atom. The van der Waals surface area contributed by atoms with Crippen LogP contribution in [0.2, 0.25) is 5.02 Å². The third-order valence-electron chi connectivity index (χ3n) is 5.60. The quantitative estimate of drug-likeness (QED) is 0.288. The maximum Gasteiger partial charge on any atom is 0.261 e. The molecule has 1 atom stereocenters. The van der Waals surface area contributed by atoms with Crippen LogP contribution in [0.5, 0.6) is 5.88 Å². The van der Waals surface area contributed by atoms with Crippen molar-refractivity contribution in [1.29, 1.82) is 0 Å². The molecular formula is C26H24ClN5O4. The summed E-state index contributed by atoms with van der Waals surface area (Å²) in [6.07, 6.45) is 2.04. The number of H-pyrrole nitrogens is 1. The van der Waals surface area contributed by atoms with Gasteiger partial charge in [-0.15, -0.1) is 0 Å². The number of methoxy groups -OCH3 is 1. The van der Waals surface area contributed by atoms with Crippen LogP contribution in [0.4, 0.5) is 5.69 Å². The number of hydrogen-bond donors (Lipinski definition) is 4. The van der Waals surface area contributed by atoms with Gasteiger partial charge >= 0.3 is 0 Å². The van der Waals surface area contributed by atoms with Crippen molar-refractivity contribution in [1.82, 2.24) is 15.3 Å². The number of halogens is 1. The Balaban J connectivity index is 1.56. The lowest BCUT2D eigenvalue weighted by atomic mass is 10.0. The van der Waals surface area contributed by atoms with E-state index in [0.717, 1.165) is 5.56 Å². The Labute approximate surface area is 211 Å². The molecule has 2 heterocycles. The van der Waals surface area contributed by atoms with Crippen LogP contribution in [-0.2, 0) is 0 Å². The zero-order valence-corrected chi connectivity index (χ0v) is 20.1. The Kier molecular flexibility index (Phi) is 7.62. The molecule has 184 valence electrons. The Hall–Kier alpha value is -4.21. The summed E-state index contributed by atoms with van der Waals surface area (Å²) in [5.41, 5.74) is 6.91. The summed E-state index contributed by atoms with van der Waals surface area (Å²) in [5, 5.41) is 6.36. The zero-order chi connectivity index (χ0) is 25.7. The molecular weight excluding hydrogens is 482 g/mol. The van der Waals surface area contributed by atoms with Crippen molar-refractivity contribution in [3.05, 3.63) is 98.9 Å². The SMILES string of the molecule is COc1cc2[nH]c(=O)c(C(=O)Nc3cc(C(=O)NC(CCN)c4ccccc4)ccc3Cl)cc2cn1. The summed E-state index contributed by atoms with van der Waals surface area (Å²) >= 11 is 6.28. The number of ether oxygens (including phenoxy) is 1. The van der Waals surface area contributed by atoms with Crippen molar-refractivity contribution in [2.75, 3.05) is 19.0 Å². The number of nitrogens with one attached hydrogen (secondary N) is 3. The van der Waals surface area contributed by atoms with Crippen LogP contribution in [0.3, 0.4) is 0 Å². The highest BCUT2D eigenvalue weighted by molar-refractivity contribution is 6.34. The molecule has 0 bridgehead atoms. The lowest BCUT2D eigenvalue weighted by Gasteiger charge is -2.19. The predicted molar refractivity (Wildman–Crippen MR) is 139 cm³/mol. The lowest BCUT2D eigenvalue weighted by Crippen LogP contribution is -2.30. The summed E-state index contributed by atoms with van der Waals surface area (Å²) in [7, 11) is 1.46. The summed E-state index contributed by atoms with van der Waals surface area (Å²) in [6, 6.07) is 16.7. The van der Waals surface area contributed by atoms with E-state index in [9.17, 15) is 14.4 Å². The number of aromatic amines is 1. The molecule has 9 nitrogen and oxygen atoms in total. The summed E-state index contributed by atoms with van der Waals surface area (Å²) < 4.78 is 5.06. The van der Waals surface area contributed by atoms with E-state index in [-0.39, 0.29) is 33.8 Å². The highest BCUT2D eigenvalue weighted by Gasteiger charge is 2.18. The van der Waals surface area contributed by atoms with E-state index in [4.69, 9.17) is 22.1 Å². The van der Waals surface area contributed by atoms with Crippen LogP contribution in [0.15, 0.2) is 71.7 Å². The highest BCUT2D eigenvalue weighted by Crippen LogP contribution is 2.25. The predicted octanol–water partition coefficient (Wildman–Crippen LogP) is 3.66. The molecule has 36 heavy (non-hydrogen) atoms. The van der Waals surface area contributed by atoms with Gasteiger partial charge in [0.2, 0.25) is 5.88 Å². The number of amides is 2. The fourth-order valence-corrected chi connectivity index (χ4v) is 3.89. The standard InChI is InChI=1S/C26H24ClN5O4/c1-36-23-13-21-17(14-29-23)11-18(25(34)31-21)26(35)32-22-12-16(7-8-19(22)27)24(33)30-20(9-10-28)15-5-3-2-4-6-15/h2-8,11-14,20H,9-10,28H2,1H3,(H,30,33)(H,31,34)(H,32,35). The molecule has 10 heteroatoms. The molecule has 0 aliphatic rings. The molecule has 0 saturated heterocycles. The number of benzene rings is 2. The first-order chi connectivity index (χ1) is 17.4. The number of hydrogen-bond acceptors (Lipinski definition) is 6. The highest BCUT2D eigenvalue weighted by atomic mass is 35.5. The van der Waals surface area contributed by atoms with Gasteiger partial charge in [0.25, 0.3) is 17.4 Å². The van der Waals surface area contributed by atoms with Gasteiger partial charge in [-0.2, -0.15) is 0 Å². The third-order valence-corrected chi connectivity index (χ3v) is 5.93. The van der Waals surface area contributed by atoms with Crippen LogP contribution in [-0.4, -0.2) is 35.4 Å². The number of rotatable bonds is 8. The minimum absolute atomic E-state index is 0.132. The molecule has 0 radical (unpaired) electrons. The second kappa shape index (κ2) is 11.0. The second-order valence-corrected chi connectivity index (χ2v) is 8.40. The lowest BCUT2D eigenvalue weighted by molar-refractivity contribution is 0.0934. The largest absolute Gasteiger partial charge is 0.481 e. The van der Waals surface area contributed by atoms with Crippen molar-refractivity contribution in [2.24, 2.45) is 5.73 Å². The first-order valence-corrected chi connectivity index (χ1v) is 11.5. The topological polar surface area (TPSA) is 139 Å². The van der Waals surface area contributed by atoms with Crippen LogP contribution < -0.4 is 26.7 Å². The minimum atomic E-state index is -0.682. The van der Waals surface area contributed by atoms with E-state index in [1.807, 2.05) is 30.3 Å². The smallest absolute Gasteiger partial charge is 0.261 e. The van der Waals surface area contributed by atoms with E-state index in [1.165, 1.54) is 31.5 Å². The third kappa shape index (κ3) is 5.54. The van der Waals surface area contributed by atoms with Crippen LogP contribution >= 0.6 is 11.6 Å². The summed E-state index contributed by atoms with van der Waals surface area (Å²) in [5.74, 6) is -0.704. The molecule has 2 aromatic heterocycles. The first-order valence-electron chi connectivity index (χ1n) is 11.1. The molecule has 1 unspecified atom stereocenters. The number of carbonyl (C=O) groups is 2. The van der Waals surface area contributed by atoms with Crippen molar-refractivity contribution in [2.45, 2.75) is 12.5 Å². The maximum atomic E-state index is 13.0. The Bertz CT molecular complexity index is 1470. The van der Waals surface area contributed by atoms with Gasteiger partial charge in [0.1, 0.15) is 5.56 Å². The van der Waals surface area contributed by atoms with Gasteiger partial charge in [-0.1, -0.05) is 41.9 Å². The van der Waals surface area contributed by atoms with Crippen molar-refractivity contribution >= 4 is 40.0 Å². The summed E-state index contributed by atoms with van der Waals surface area (Å²) in [6.45, 7) is 0.393.